The highest BCUT2D eigenvalue weighted by molar-refractivity contribution is 7.09. The Hall–Kier alpha value is -2.60. The number of hydrogen-bond donors (Lipinski definition) is 0. The van der Waals surface area contributed by atoms with Crippen LogP contribution in [0.25, 0.3) is 5.52 Å². The van der Waals surface area contributed by atoms with Gasteiger partial charge in [0.15, 0.2) is 5.82 Å². The molecule has 3 aromatic heterocycles. The van der Waals surface area contributed by atoms with Gasteiger partial charge in [0.2, 0.25) is 0 Å². The van der Waals surface area contributed by atoms with Crippen molar-refractivity contribution in [2.75, 3.05) is 0 Å². The van der Waals surface area contributed by atoms with E-state index in [1.54, 1.807) is 29.7 Å². The number of thiazole rings is 1. The van der Waals surface area contributed by atoms with Crippen molar-refractivity contribution in [3.8, 4) is 0 Å². The minimum atomic E-state index is -0.236. The molecule has 0 aliphatic carbocycles. The van der Waals surface area contributed by atoms with Crippen LogP contribution in [0.5, 0.6) is 0 Å². The molecule has 0 aliphatic heterocycles. The Balaban J connectivity index is 1.71. The summed E-state index contributed by atoms with van der Waals surface area (Å²) in [6.07, 6.45) is 4.97. The van der Waals surface area contributed by atoms with Crippen molar-refractivity contribution in [2.45, 2.75) is 12.8 Å². The second-order valence-corrected chi connectivity index (χ2v) is 6.20. The Kier molecular flexibility index (Phi) is 3.59. The van der Waals surface area contributed by atoms with Gasteiger partial charge in [-0.1, -0.05) is 12.1 Å². The molecule has 0 radical (unpaired) electrons. The monoisotopic (exact) mass is 324 g/mol. The number of halogens is 1. The number of hydrogen-bond acceptors (Lipinski definition) is 4. The van der Waals surface area contributed by atoms with Crippen molar-refractivity contribution in [2.24, 2.45) is 0 Å². The van der Waals surface area contributed by atoms with E-state index in [1.165, 1.54) is 12.1 Å². The molecule has 0 bridgehead atoms. The zero-order valence-corrected chi connectivity index (χ0v) is 13.0. The zero-order valence-electron chi connectivity index (χ0n) is 12.2. The smallest absolute Gasteiger partial charge is 0.153 e. The first-order valence-electron chi connectivity index (χ1n) is 7.24. The molecule has 0 saturated heterocycles. The van der Waals surface area contributed by atoms with Crippen molar-refractivity contribution in [1.29, 1.82) is 0 Å². The molecule has 0 N–H and O–H groups in total. The van der Waals surface area contributed by atoms with E-state index in [0.717, 1.165) is 21.8 Å². The van der Waals surface area contributed by atoms with Crippen LogP contribution in [0.3, 0.4) is 0 Å². The molecular formula is C17H13FN4S. The van der Waals surface area contributed by atoms with Crippen LogP contribution in [0.1, 0.15) is 22.1 Å². The summed E-state index contributed by atoms with van der Waals surface area (Å²) < 4.78 is 14.9. The van der Waals surface area contributed by atoms with E-state index in [1.807, 2.05) is 28.2 Å². The Labute approximate surface area is 136 Å². The van der Waals surface area contributed by atoms with Gasteiger partial charge in [-0.15, -0.1) is 11.3 Å². The summed E-state index contributed by atoms with van der Waals surface area (Å²) in [6.45, 7) is 0. The van der Waals surface area contributed by atoms with Gasteiger partial charge in [0, 0.05) is 30.6 Å². The highest BCUT2D eigenvalue weighted by atomic mass is 32.1. The summed E-state index contributed by atoms with van der Waals surface area (Å²) in [5, 5.41) is 7.53. The lowest BCUT2D eigenvalue weighted by molar-refractivity contribution is 0.627. The Morgan fingerprint density at radius 1 is 1.09 bits per heavy atom. The van der Waals surface area contributed by atoms with E-state index in [4.69, 9.17) is 4.98 Å². The molecule has 0 aliphatic rings. The predicted octanol–water partition coefficient (Wildman–Crippen LogP) is 3.51. The SMILES string of the molecule is Fc1ccc(Cc2nc(Cc3nccs3)c3cccn3n2)cc1. The fraction of sp³-hybridized carbons (Fsp3) is 0.118. The second-order valence-electron chi connectivity index (χ2n) is 5.22. The maximum atomic E-state index is 13.0. The Bertz CT molecular complexity index is 929. The van der Waals surface area contributed by atoms with Crippen molar-refractivity contribution >= 4 is 16.9 Å². The largest absolute Gasteiger partial charge is 0.249 e. The molecule has 0 atom stereocenters. The van der Waals surface area contributed by atoms with Crippen LogP contribution in [0.4, 0.5) is 4.39 Å². The maximum absolute atomic E-state index is 13.0. The lowest BCUT2D eigenvalue weighted by Gasteiger charge is -2.07. The molecule has 4 aromatic rings. The third-order valence-electron chi connectivity index (χ3n) is 3.59. The number of aromatic nitrogens is 4. The Morgan fingerprint density at radius 2 is 1.96 bits per heavy atom. The molecule has 0 spiro atoms. The number of rotatable bonds is 4. The Morgan fingerprint density at radius 3 is 2.74 bits per heavy atom. The first kappa shape index (κ1) is 14.0. The van der Waals surface area contributed by atoms with Crippen LogP contribution in [0, 0.1) is 5.82 Å². The van der Waals surface area contributed by atoms with E-state index in [0.29, 0.717) is 18.7 Å². The van der Waals surface area contributed by atoms with Crippen LogP contribution in [-0.4, -0.2) is 19.6 Å². The summed E-state index contributed by atoms with van der Waals surface area (Å²) in [5.41, 5.74) is 2.93. The molecule has 4 rings (SSSR count). The highest BCUT2D eigenvalue weighted by Crippen LogP contribution is 2.17. The van der Waals surface area contributed by atoms with Crippen molar-refractivity contribution in [1.82, 2.24) is 19.6 Å². The molecule has 0 amide bonds. The van der Waals surface area contributed by atoms with Gasteiger partial charge >= 0.3 is 0 Å². The van der Waals surface area contributed by atoms with Crippen molar-refractivity contribution in [3.63, 3.8) is 0 Å². The van der Waals surface area contributed by atoms with Crippen LogP contribution in [-0.2, 0) is 12.8 Å². The van der Waals surface area contributed by atoms with Gasteiger partial charge in [0.05, 0.1) is 16.2 Å². The van der Waals surface area contributed by atoms with Gasteiger partial charge in [0.25, 0.3) is 0 Å². The van der Waals surface area contributed by atoms with Gasteiger partial charge in [-0.25, -0.2) is 18.9 Å². The van der Waals surface area contributed by atoms with Gasteiger partial charge < -0.3 is 0 Å². The van der Waals surface area contributed by atoms with Crippen LogP contribution >= 0.6 is 11.3 Å². The molecule has 0 unspecified atom stereocenters. The molecule has 0 saturated carbocycles. The molecule has 0 fully saturated rings. The van der Waals surface area contributed by atoms with E-state index in [-0.39, 0.29) is 5.82 Å². The third-order valence-corrected chi connectivity index (χ3v) is 4.37. The molecule has 1 aromatic carbocycles. The predicted molar refractivity (Wildman–Crippen MR) is 87.1 cm³/mol. The minimum Gasteiger partial charge on any atom is -0.249 e. The lowest BCUT2D eigenvalue weighted by atomic mass is 10.1. The van der Waals surface area contributed by atoms with E-state index in [2.05, 4.69) is 10.1 Å². The van der Waals surface area contributed by atoms with E-state index >= 15 is 0 Å². The summed E-state index contributed by atoms with van der Waals surface area (Å²) in [6, 6.07) is 10.4. The first-order chi connectivity index (χ1) is 11.3. The zero-order chi connectivity index (χ0) is 15.6. The fourth-order valence-corrected chi connectivity index (χ4v) is 3.14. The standard InChI is InChI=1S/C17H13FN4S/c18-13-5-3-12(4-6-13)10-16-20-14(11-17-19-7-9-23-17)15-2-1-8-22(15)21-16/h1-9H,10-11H2. The van der Waals surface area contributed by atoms with Crippen LogP contribution in [0.2, 0.25) is 0 Å². The quantitative estimate of drug-likeness (QED) is 0.577. The van der Waals surface area contributed by atoms with Gasteiger partial charge in [0.1, 0.15) is 5.82 Å². The molecule has 6 heteroatoms. The highest BCUT2D eigenvalue weighted by Gasteiger charge is 2.10. The number of fused-ring (bicyclic) bond motifs is 1. The molecule has 4 nitrogen and oxygen atoms in total. The molecule has 114 valence electrons. The summed E-state index contributed by atoms with van der Waals surface area (Å²) in [5.74, 6) is 0.479. The molecular weight excluding hydrogens is 311 g/mol. The molecule has 23 heavy (non-hydrogen) atoms. The topological polar surface area (TPSA) is 43.1 Å². The van der Waals surface area contributed by atoms with Crippen LogP contribution in [0.15, 0.2) is 54.2 Å². The normalized spacial score (nSPS) is 11.2. The lowest BCUT2D eigenvalue weighted by Crippen LogP contribution is -2.07. The third kappa shape index (κ3) is 2.98. The average molecular weight is 324 g/mol. The minimum absolute atomic E-state index is 0.236. The van der Waals surface area contributed by atoms with Gasteiger partial charge in [-0.2, -0.15) is 5.10 Å². The average Bonchev–Trinajstić information content (AvgIpc) is 3.21. The van der Waals surface area contributed by atoms with Gasteiger partial charge in [-0.05, 0) is 29.8 Å². The summed E-state index contributed by atoms with van der Waals surface area (Å²) in [7, 11) is 0. The van der Waals surface area contributed by atoms with Crippen molar-refractivity contribution in [3.05, 3.63) is 82.1 Å². The first-order valence-corrected chi connectivity index (χ1v) is 8.12. The van der Waals surface area contributed by atoms with E-state index in [9.17, 15) is 4.39 Å². The summed E-state index contributed by atoms with van der Waals surface area (Å²) >= 11 is 1.62. The van der Waals surface area contributed by atoms with Crippen LogP contribution < -0.4 is 0 Å². The maximum Gasteiger partial charge on any atom is 0.153 e. The number of benzene rings is 1. The fourth-order valence-electron chi connectivity index (χ4n) is 2.52. The van der Waals surface area contributed by atoms with Crippen molar-refractivity contribution < 1.29 is 4.39 Å². The van der Waals surface area contributed by atoms with E-state index < -0.39 is 0 Å². The molecule has 3 heterocycles. The number of nitrogens with zero attached hydrogens (tertiary/aromatic N) is 4. The summed E-state index contributed by atoms with van der Waals surface area (Å²) in [4.78, 5) is 9.04. The van der Waals surface area contributed by atoms with Gasteiger partial charge in [-0.3, -0.25) is 0 Å². The second kappa shape index (κ2) is 5.89.